The molecule has 0 radical (unpaired) electrons. The summed E-state index contributed by atoms with van der Waals surface area (Å²) in [7, 11) is 0. The van der Waals surface area contributed by atoms with E-state index in [2.05, 4.69) is 44.7 Å². The summed E-state index contributed by atoms with van der Waals surface area (Å²) in [6, 6.07) is 7.78. The van der Waals surface area contributed by atoms with Crippen LogP contribution in [0.1, 0.15) is 11.3 Å². The normalized spacial score (nSPS) is 10.8. The van der Waals surface area contributed by atoms with E-state index in [0.29, 0.717) is 17.5 Å². The highest BCUT2D eigenvalue weighted by Crippen LogP contribution is 2.27. The van der Waals surface area contributed by atoms with Crippen LogP contribution in [-0.2, 0) is 11.3 Å². The number of aryl methyl sites for hydroxylation is 2. The van der Waals surface area contributed by atoms with E-state index in [-0.39, 0.29) is 11.7 Å². The van der Waals surface area contributed by atoms with Crippen LogP contribution in [0.5, 0.6) is 0 Å². The Labute approximate surface area is 175 Å². The molecule has 0 unspecified atom stereocenters. The molecule has 0 saturated carbocycles. The van der Waals surface area contributed by atoms with E-state index in [1.54, 1.807) is 12.3 Å². The summed E-state index contributed by atoms with van der Waals surface area (Å²) in [4.78, 5) is 12.4. The Morgan fingerprint density at radius 2 is 2.19 bits per heavy atom. The SMILES string of the molecule is C=CCn1c(SCC(=O)Nc2ccc(I)cc2C)nnc1-c1ccoc1C. The number of nitrogens with zero attached hydrogens (tertiary/aromatic N) is 3. The predicted octanol–water partition coefficient (Wildman–Crippen LogP) is 4.68. The van der Waals surface area contributed by atoms with Gasteiger partial charge in [0.1, 0.15) is 5.76 Å². The molecule has 0 saturated heterocycles. The van der Waals surface area contributed by atoms with Crippen molar-refractivity contribution in [2.75, 3.05) is 11.1 Å². The first-order valence-corrected chi connectivity index (χ1v) is 10.3. The Kier molecular flexibility index (Phi) is 6.38. The summed E-state index contributed by atoms with van der Waals surface area (Å²) in [5.74, 6) is 1.64. The van der Waals surface area contributed by atoms with E-state index < -0.39 is 0 Å². The minimum Gasteiger partial charge on any atom is -0.469 e. The molecule has 0 aliphatic heterocycles. The van der Waals surface area contributed by atoms with Gasteiger partial charge in [-0.3, -0.25) is 9.36 Å². The van der Waals surface area contributed by atoms with Crippen molar-refractivity contribution < 1.29 is 9.21 Å². The van der Waals surface area contributed by atoms with Gasteiger partial charge in [-0.1, -0.05) is 17.8 Å². The van der Waals surface area contributed by atoms with Gasteiger partial charge in [-0.25, -0.2) is 0 Å². The van der Waals surface area contributed by atoms with Crippen LogP contribution in [0.2, 0.25) is 0 Å². The Morgan fingerprint density at radius 3 is 2.85 bits per heavy atom. The molecule has 8 heteroatoms. The third kappa shape index (κ3) is 4.62. The number of benzene rings is 1. The minimum atomic E-state index is -0.0847. The van der Waals surface area contributed by atoms with Crippen molar-refractivity contribution in [2.45, 2.75) is 25.5 Å². The number of allylic oxidation sites excluding steroid dienone is 1. The van der Waals surface area contributed by atoms with Gasteiger partial charge in [0.05, 0.1) is 17.6 Å². The molecule has 0 atom stereocenters. The van der Waals surface area contributed by atoms with Crippen molar-refractivity contribution in [2.24, 2.45) is 0 Å². The van der Waals surface area contributed by atoms with Crippen LogP contribution < -0.4 is 5.32 Å². The van der Waals surface area contributed by atoms with Gasteiger partial charge >= 0.3 is 0 Å². The topological polar surface area (TPSA) is 73.0 Å². The summed E-state index contributed by atoms with van der Waals surface area (Å²) in [5.41, 5.74) is 2.74. The quantitative estimate of drug-likeness (QED) is 0.294. The number of carbonyl (C=O) groups is 1. The van der Waals surface area contributed by atoms with Crippen molar-refractivity contribution >= 4 is 45.9 Å². The second-order valence-electron chi connectivity index (χ2n) is 5.89. The first-order chi connectivity index (χ1) is 13.0. The zero-order valence-electron chi connectivity index (χ0n) is 15.0. The minimum absolute atomic E-state index is 0.0847. The van der Waals surface area contributed by atoms with Crippen LogP contribution >= 0.6 is 34.4 Å². The lowest BCUT2D eigenvalue weighted by atomic mass is 10.2. The van der Waals surface area contributed by atoms with E-state index in [0.717, 1.165) is 26.1 Å². The fraction of sp³-hybridized carbons (Fsp3) is 0.211. The summed E-state index contributed by atoms with van der Waals surface area (Å²) < 4.78 is 8.43. The number of amides is 1. The third-order valence-corrected chi connectivity index (χ3v) is 5.56. The molecule has 1 aromatic carbocycles. The molecule has 2 aromatic heterocycles. The molecule has 1 amide bonds. The maximum atomic E-state index is 12.4. The predicted molar refractivity (Wildman–Crippen MR) is 116 cm³/mol. The Morgan fingerprint density at radius 1 is 1.37 bits per heavy atom. The Balaban J connectivity index is 1.72. The molecule has 27 heavy (non-hydrogen) atoms. The first kappa shape index (κ1) is 19.7. The van der Waals surface area contributed by atoms with Crippen LogP contribution in [0.25, 0.3) is 11.4 Å². The van der Waals surface area contributed by atoms with Gasteiger partial charge in [0.15, 0.2) is 11.0 Å². The van der Waals surface area contributed by atoms with Gasteiger partial charge in [-0.05, 0) is 66.3 Å². The number of rotatable bonds is 7. The molecule has 0 aliphatic carbocycles. The summed E-state index contributed by atoms with van der Waals surface area (Å²) in [6.07, 6.45) is 3.41. The average molecular weight is 494 g/mol. The number of aromatic nitrogens is 3. The van der Waals surface area contributed by atoms with Gasteiger partial charge in [-0.15, -0.1) is 16.8 Å². The van der Waals surface area contributed by atoms with Crippen molar-refractivity contribution in [3.63, 3.8) is 0 Å². The van der Waals surface area contributed by atoms with Crippen LogP contribution in [0.15, 0.2) is 52.8 Å². The lowest BCUT2D eigenvalue weighted by Crippen LogP contribution is -2.15. The van der Waals surface area contributed by atoms with Crippen LogP contribution in [0.3, 0.4) is 0 Å². The molecular weight excluding hydrogens is 475 g/mol. The van der Waals surface area contributed by atoms with Gasteiger partial charge in [0, 0.05) is 15.8 Å². The third-order valence-electron chi connectivity index (χ3n) is 3.92. The highest BCUT2D eigenvalue weighted by molar-refractivity contribution is 14.1. The van der Waals surface area contributed by atoms with Crippen LogP contribution in [-0.4, -0.2) is 26.4 Å². The molecule has 3 aromatic rings. The monoisotopic (exact) mass is 494 g/mol. The second kappa shape index (κ2) is 8.75. The number of halogens is 1. The van der Waals surface area contributed by atoms with Crippen LogP contribution in [0.4, 0.5) is 5.69 Å². The van der Waals surface area contributed by atoms with Crippen molar-refractivity contribution in [1.29, 1.82) is 0 Å². The van der Waals surface area contributed by atoms with Gasteiger partial charge in [0.2, 0.25) is 5.91 Å². The number of anilines is 1. The molecule has 2 heterocycles. The largest absolute Gasteiger partial charge is 0.469 e. The Hall–Kier alpha value is -2.07. The molecule has 0 aliphatic rings. The number of furan rings is 1. The van der Waals surface area contributed by atoms with Crippen molar-refractivity contribution in [3.8, 4) is 11.4 Å². The number of nitrogens with one attached hydrogen (secondary N) is 1. The molecule has 1 N–H and O–H groups in total. The summed E-state index contributed by atoms with van der Waals surface area (Å²) in [6.45, 7) is 8.21. The van der Waals surface area contributed by atoms with E-state index in [1.807, 2.05) is 42.7 Å². The van der Waals surface area contributed by atoms with Gasteiger partial charge < -0.3 is 9.73 Å². The zero-order chi connectivity index (χ0) is 19.4. The van der Waals surface area contributed by atoms with E-state index in [4.69, 9.17) is 4.42 Å². The average Bonchev–Trinajstić information content (AvgIpc) is 3.22. The van der Waals surface area contributed by atoms with Crippen LogP contribution in [0, 0.1) is 17.4 Å². The molecular formula is C19H19IN4O2S. The maximum Gasteiger partial charge on any atom is 0.234 e. The molecule has 140 valence electrons. The molecule has 0 spiro atoms. The molecule has 0 bridgehead atoms. The van der Waals surface area contributed by atoms with Gasteiger partial charge in [-0.2, -0.15) is 0 Å². The second-order valence-corrected chi connectivity index (χ2v) is 8.08. The van der Waals surface area contributed by atoms with E-state index >= 15 is 0 Å². The fourth-order valence-corrected chi connectivity index (χ4v) is 3.98. The number of hydrogen-bond acceptors (Lipinski definition) is 5. The van der Waals surface area contributed by atoms with Crippen molar-refractivity contribution in [3.05, 3.63) is 58.1 Å². The zero-order valence-corrected chi connectivity index (χ0v) is 18.0. The van der Waals surface area contributed by atoms with E-state index in [1.165, 1.54) is 11.8 Å². The standard InChI is InChI=1S/C19H19IN4O2S/c1-4-8-24-18(15-7-9-26-13(15)3)22-23-19(24)27-11-17(25)21-16-6-5-14(20)10-12(16)2/h4-7,9-10H,1,8,11H2,2-3H3,(H,21,25). The van der Waals surface area contributed by atoms with Gasteiger partial charge in [0.25, 0.3) is 0 Å². The molecule has 3 rings (SSSR count). The smallest absolute Gasteiger partial charge is 0.234 e. The fourth-order valence-electron chi connectivity index (χ4n) is 2.59. The Bertz CT molecular complexity index is 980. The van der Waals surface area contributed by atoms with Crippen molar-refractivity contribution in [1.82, 2.24) is 14.8 Å². The highest BCUT2D eigenvalue weighted by Gasteiger charge is 2.17. The summed E-state index contributed by atoms with van der Waals surface area (Å²) >= 11 is 3.60. The van der Waals surface area contributed by atoms with E-state index in [9.17, 15) is 4.79 Å². The lowest BCUT2D eigenvalue weighted by Gasteiger charge is -2.09. The number of thioether (sulfide) groups is 1. The molecule has 6 nitrogen and oxygen atoms in total. The maximum absolute atomic E-state index is 12.4. The number of hydrogen-bond donors (Lipinski definition) is 1. The molecule has 0 fully saturated rings. The highest BCUT2D eigenvalue weighted by atomic mass is 127. The lowest BCUT2D eigenvalue weighted by molar-refractivity contribution is -0.113. The summed E-state index contributed by atoms with van der Waals surface area (Å²) in [5, 5.41) is 12.1. The number of carbonyl (C=O) groups excluding carboxylic acids is 1. The first-order valence-electron chi connectivity index (χ1n) is 8.27.